The standard InChI is InChI=1S/C19H21ClN4O7S/c1-12-4-6-15(14(20)8-12)22-18(25)11-31-19(26)10-21-32(29,30)13-5-7-16(23(2)3)17(9-13)24(27)28/h4-9,21H,10-11H2,1-3H3,(H,22,25). The average Bonchev–Trinajstić information content (AvgIpc) is 2.72. The van der Waals surface area contributed by atoms with Crippen LogP contribution in [0.25, 0.3) is 0 Å². The van der Waals surface area contributed by atoms with Crippen molar-refractivity contribution in [3.05, 3.63) is 57.1 Å². The number of nitrogens with zero attached hydrogens (tertiary/aromatic N) is 2. The predicted octanol–water partition coefficient (Wildman–Crippen LogP) is 2.08. The summed E-state index contributed by atoms with van der Waals surface area (Å²) in [6.45, 7) is 0.396. The first kappa shape index (κ1) is 25.0. The van der Waals surface area contributed by atoms with Gasteiger partial charge in [-0.05, 0) is 36.8 Å². The van der Waals surface area contributed by atoms with E-state index in [1.165, 1.54) is 17.0 Å². The van der Waals surface area contributed by atoms with E-state index >= 15 is 0 Å². The molecule has 0 unspecified atom stereocenters. The quantitative estimate of drug-likeness (QED) is 0.312. The molecule has 13 heteroatoms. The Balaban J connectivity index is 1.95. The number of anilines is 2. The lowest BCUT2D eigenvalue weighted by Crippen LogP contribution is -2.32. The van der Waals surface area contributed by atoms with Crippen molar-refractivity contribution in [3.63, 3.8) is 0 Å². The molecule has 0 aliphatic heterocycles. The number of carbonyl (C=O) groups is 2. The highest BCUT2D eigenvalue weighted by molar-refractivity contribution is 7.89. The van der Waals surface area contributed by atoms with Crippen LogP contribution in [0, 0.1) is 17.0 Å². The summed E-state index contributed by atoms with van der Waals surface area (Å²) in [4.78, 5) is 35.3. The molecule has 0 saturated heterocycles. The number of sulfonamides is 1. The number of hydrogen-bond acceptors (Lipinski definition) is 8. The number of benzene rings is 2. The first-order valence-electron chi connectivity index (χ1n) is 9.08. The van der Waals surface area contributed by atoms with Crippen LogP contribution in [0.3, 0.4) is 0 Å². The second kappa shape index (κ2) is 10.4. The van der Waals surface area contributed by atoms with Gasteiger partial charge >= 0.3 is 5.97 Å². The number of hydrogen-bond donors (Lipinski definition) is 2. The van der Waals surface area contributed by atoms with E-state index in [-0.39, 0.29) is 5.69 Å². The van der Waals surface area contributed by atoms with E-state index in [1.807, 2.05) is 11.6 Å². The number of aryl methyl sites for hydroxylation is 1. The van der Waals surface area contributed by atoms with E-state index in [9.17, 15) is 28.1 Å². The summed E-state index contributed by atoms with van der Waals surface area (Å²) in [5.74, 6) is -1.68. The van der Waals surface area contributed by atoms with Crippen molar-refractivity contribution >= 4 is 50.6 Å². The molecule has 172 valence electrons. The molecule has 0 radical (unpaired) electrons. The lowest BCUT2D eigenvalue weighted by Gasteiger charge is -2.14. The van der Waals surface area contributed by atoms with Gasteiger partial charge < -0.3 is 15.0 Å². The Hall–Kier alpha value is -3.22. The second-order valence-corrected chi connectivity index (χ2v) is 8.99. The molecule has 2 aromatic rings. The van der Waals surface area contributed by atoms with Gasteiger partial charge in [-0.25, -0.2) is 8.42 Å². The van der Waals surface area contributed by atoms with Gasteiger partial charge in [0.2, 0.25) is 10.0 Å². The number of nitro groups is 1. The van der Waals surface area contributed by atoms with Gasteiger partial charge in [0.1, 0.15) is 12.2 Å². The number of ether oxygens (including phenoxy) is 1. The van der Waals surface area contributed by atoms with Crippen LogP contribution in [0.15, 0.2) is 41.3 Å². The van der Waals surface area contributed by atoms with Crippen molar-refractivity contribution in [2.45, 2.75) is 11.8 Å². The molecule has 0 atom stereocenters. The van der Waals surface area contributed by atoms with E-state index in [1.54, 1.807) is 32.3 Å². The molecular formula is C19H21ClN4O7S. The van der Waals surface area contributed by atoms with Gasteiger partial charge in [0.15, 0.2) is 6.61 Å². The Labute approximate surface area is 189 Å². The molecule has 1 amide bonds. The van der Waals surface area contributed by atoms with Crippen molar-refractivity contribution in [1.82, 2.24) is 4.72 Å². The maximum atomic E-state index is 12.4. The molecule has 2 N–H and O–H groups in total. The van der Waals surface area contributed by atoms with Crippen LogP contribution in [-0.2, 0) is 24.3 Å². The summed E-state index contributed by atoms with van der Waals surface area (Å²) in [6, 6.07) is 8.32. The third-order valence-electron chi connectivity index (χ3n) is 4.11. The fourth-order valence-electron chi connectivity index (χ4n) is 2.54. The first-order chi connectivity index (χ1) is 14.9. The minimum atomic E-state index is -4.24. The minimum Gasteiger partial charge on any atom is -0.455 e. The van der Waals surface area contributed by atoms with Gasteiger partial charge in [-0.3, -0.25) is 19.7 Å². The molecular weight excluding hydrogens is 464 g/mol. The Kier molecular flexibility index (Phi) is 8.14. The number of esters is 1. The van der Waals surface area contributed by atoms with E-state index in [2.05, 4.69) is 5.32 Å². The second-order valence-electron chi connectivity index (χ2n) is 6.82. The highest BCUT2D eigenvalue weighted by atomic mass is 35.5. The normalized spacial score (nSPS) is 11.0. The maximum Gasteiger partial charge on any atom is 0.321 e. The number of amides is 1. The molecule has 0 aliphatic carbocycles. The van der Waals surface area contributed by atoms with Crippen LogP contribution in [0.2, 0.25) is 5.02 Å². The summed E-state index contributed by atoms with van der Waals surface area (Å²) >= 11 is 6.01. The highest BCUT2D eigenvalue weighted by Crippen LogP contribution is 2.29. The lowest BCUT2D eigenvalue weighted by atomic mass is 10.2. The Morgan fingerprint density at radius 2 is 1.88 bits per heavy atom. The number of nitro benzene ring substituents is 1. The highest BCUT2D eigenvalue weighted by Gasteiger charge is 2.23. The van der Waals surface area contributed by atoms with Gasteiger partial charge in [0, 0.05) is 20.2 Å². The van der Waals surface area contributed by atoms with Crippen LogP contribution >= 0.6 is 11.6 Å². The monoisotopic (exact) mass is 484 g/mol. The summed E-state index contributed by atoms with van der Waals surface area (Å²) in [6.07, 6.45) is 0. The number of nitrogens with one attached hydrogen (secondary N) is 2. The Bertz CT molecular complexity index is 1150. The smallest absolute Gasteiger partial charge is 0.321 e. The van der Waals surface area contributed by atoms with Crippen molar-refractivity contribution in [1.29, 1.82) is 0 Å². The van der Waals surface area contributed by atoms with Gasteiger partial charge in [0.05, 0.1) is 20.5 Å². The molecule has 0 aliphatic rings. The molecule has 0 heterocycles. The SMILES string of the molecule is Cc1ccc(NC(=O)COC(=O)CNS(=O)(=O)c2ccc(N(C)C)c([N+](=O)[O-])c2)c(Cl)c1. The van der Waals surface area contributed by atoms with E-state index in [0.29, 0.717) is 10.7 Å². The summed E-state index contributed by atoms with van der Waals surface area (Å²) in [7, 11) is -1.09. The molecule has 2 rings (SSSR count). The Morgan fingerprint density at radius 3 is 2.47 bits per heavy atom. The zero-order chi connectivity index (χ0) is 24.1. The topological polar surface area (TPSA) is 148 Å². The summed E-state index contributed by atoms with van der Waals surface area (Å²) in [5.41, 5.74) is 1.04. The maximum absolute atomic E-state index is 12.4. The van der Waals surface area contributed by atoms with Crippen molar-refractivity contribution in [2.75, 3.05) is 37.5 Å². The van der Waals surface area contributed by atoms with E-state index < -0.39 is 50.6 Å². The number of carbonyl (C=O) groups excluding carboxylic acids is 2. The number of halogens is 1. The van der Waals surface area contributed by atoms with Crippen LogP contribution in [0.5, 0.6) is 0 Å². The molecule has 32 heavy (non-hydrogen) atoms. The average molecular weight is 485 g/mol. The first-order valence-corrected chi connectivity index (χ1v) is 10.9. The largest absolute Gasteiger partial charge is 0.455 e. The third-order valence-corrected chi connectivity index (χ3v) is 5.82. The van der Waals surface area contributed by atoms with Crippen LogP contribution in [-0.4, -0.2) is 52.5 Å². The van der Waals surface area contributed by atoms with Gasteiger partial charge in [0.25, 0.3) is 11.6 Å². The molecule has 0 saturated carbocycles. The van der Waals surface area contributed by atoms with Crippen LogP contribution < -0.4 is 14.9 Å². The molecule has 0 spiro atoms. The fourth-order valence-corrected chi connectivity index (χ4v) is 3.81. The number of rotatable bonds is 9. The van der Waals surface area contributed by atoms with Crippen molar-refractivity contribution in [3.8, 4) is 0 Å². The van der Waals surface area contributed by atoms with Crippen LogP contribution in [0.4, 0.5) is 17.1 Å². The molecule has 0 bridgehead atoms. The van der Waals surface area contributed by atoms with E-state index in [4.69, 9.17) is 16.3 Å². The van der Waals surface area contributed by atoms with Crippen LogP contribution in [0.1, 0.15) is 5.56 Å². The van der Waals surface area contributed by atoms with Gasteiger partial charge in [-0.1, -0.05) is 17.7 Å². The zero-order valence-electron chi connectivity index (χ0n) is 17.4. The molecule has 2 aromatic carbocycles. The van der Waals surface area contributed by atoms with Crippen molar-refractivity contribution < 1.29 is 27.7 Å². The molecule has 0 aromatic heterocycles. The van der Waals surface area contributed by atoms with E-state index in [0.717, 1.165) is 11.6 Å². The lowest BCUT2D eigenvalue weighted by molar-refractivity contribution is -0.384. The molecule has 0 fully saturated rings. The predicted molar refractivity (Wildman–Crippen MR) is 118 cm³/mol. The van der Waals surface area contributed by atoms with Gasteiger partial charge in [-0.2, -0.15) is 4.72 Å². The third kappa shape index (κ3) is 6.64. The zero-order valence-corrected chi connectivity index (χ0v) is 19.0. The molecule has 11 nitrogen and oxygen atoms in total. The fraction of sp³-hybridized carbons (Fsp3) is 0.263. The summed E-state index contributed by atoms with van der Waals surface area (Å²) in [5, 5.41) is 14.0. The minimum absolute atomic E-state index is 0.216. The van der Waals surface area contributed by atoms with Gasteiger partial charge in [-0.15, -0.1) is 0 Å². The van der Waals surface area contributed by atoms with Crippen molar-refractivity contribution in [2.24, 2.45) is 0 Å². The Morgan fingerprint density at radius 1 is 1.19 bits per heavy atom. The summed E-state index contributed by atoms with van der Waals surface area (Å²) < 4.78 is 31.5.